The van der Waals surface area contributed by atoms with E-state index in [-0.39, 0.29) is 5.78 Å². The first-order valence-electron chi connectivity index (χ1n) is 7.90. The molecule has 0 radical (unpaired) electrons. The van der Waals surface area contributed by atoms with Gasteiger partial charge in [-0.15, -0.1) is 10.2 Å². The molecule has 8 heteroatoms. The molecular formula is C18H16N5O3-. The lowest BCUT2D eigenvalue weighted by atomic mass is 10.1. The number of ketones is 1. The van der Waals surface area contributed by atoms with E-state index in [1.54, 1.807) is 55.5 Å². The fraction of sp³-hybridized carbons (Fsp3) is 0.167. The van der Waals surface area contributed by atoms with Crippen molar-refractivity contribution in [3.05, 3.63) is 54.1 Å². The predicted octanol–water partition coefficient (Wildman–Crippen LogP) is 1.93. The van der Waals surface area contributed by atoms with Gasteiger partial charge in [0.2, 0.25) is 5.82 Å². The molecule has 0 aliphatic rings. The van der Waals surface area contributed by atoms with Crippen LogP contribution in [-0.4, -0.2) is 38.4 Å². The summed E-state index contributed by atoms with van der Waals surface area (Å²) >= 11 is 0. The van der Waals surface area contributed by atoms with E-state index in [0.717, 1.165) is 0 Å². The smallest absolute Gasteiger partial charge is 0.204 e. The zero-order chi connectivity index (χ0) is 18.5. The van der Waals surface area contributed by atoms with E-state index in [1.165, 1.54) is 6.92 Å². The van der Waals surface area contributed by atoms with E-state index in [9.17, 15) is 9.90 Å². The van der Waals surface area contributed by atoms with Gasteiger partial charge in [0.05, 0.1) is 5.69 Å². The molecule has 132 valence electrons. The molecule has 0 aliphatic heterocycles. The number of Topliss-reactive ketones (excluding diaryl/α,β-unsaturated/α-hetero) is 1. The van der Waals surface area contributed by atoms with Gasteiger partial charge in [0.15, 0.2) is 5.78 Å². The van der Waals surface area contributed by atoms with E-state index in [4.69, 9.17) is 4.74 Å². The van der Waals surface area contributed by atoms with E-state index >= 15 is 0 Å². The second-order valence-corrected chi connectivity index (χ2v) is 5.58. The highest BCUT2D eigenvalue weighted by molar-refractivity contribution is 5.94. The predicted molar refractivity (Wildman–Crippen MR) is 93.2 cm³/mol. The van der Waals surface area contributed by atoms with Gasteiger partial charge in [0, 0.05) is 17.0 Å². The highest BCUT2D eigenvalue weighted by Gasteiger charge is 2.07. The van der Waals surface area contributed by atoms with Gasteiger partial charge in [0.25, 0.3) is 0 Å². The van der Waals surface area contributed by atoms with E-state index in [1.807, 2.05) is 0 Å². The van der Waals surface area contributed by atoms with Crippen LogP contribution in [0.4, 0.5) is 5.69 Å². The zero-order valence-electron chi connectivity index (χ0n) is 14.2. The largest absolute Gasteiger partial charge is 0.859 e. The molecule has 0 spiro atoms. The molecule has 26 heavy (non-hydrogen) atoms. The van der Waals surface area contributed by atoms with E-state index < -0.39 is 12.0 Å². The second-order valence-electron chi connectivity index (χ2n) is 5.58. The molecule has 0 saturated carbocycles. The number of nitrogens with zero attached hydrogens (tertiary/aromatic N) is 4. The lowest BCUT2D eigenvalue weighted by molar-refractivity contribution is -0.225. The maximum atomic E-state index is 12.3. The van der Waals surface area contributed by atoms with Crippen LogP contribution >= 0.6 is 0 Å². The monoisotopic (exact) mass is 350 g/mol. The molecule has 2 aromatic carbocycles. The first-order chi connectivity index (χ1) is 12.5. The van der Waals surface area contributed by atoms with Crippen LogP contribution in [-0.2, 0) is 0 Å². The number of aromatic amines is 1. The topological polar surface area (TPSA) is 116 Å². The fourth-order valence-corrected chi connectivity index (χ4v) is 2.24. The summed E-state index contributed by atoms with van der Waals surface area (Å²) in [5, 5.41) is 26.0. The molecule has 0 unspecified atom stereocenters. The Morgan fingerprint density at radius 3 is 2.65 bits per heavy atom. The number of carbonyl (C=O) groups is 1. The number of H-pyrrole nitrogens is 1. The number of aliphatic imine (C=N–C) groups is 1. The van der Waals surface area contributed by atoms with Crippen molar-refractivity contribution in [2.75, 3.05) is 0 Å². The third kappa shape index (κ3) is 4.10. The van der Waals surface area contributed by atoms with Gasteiger partial charge in [-0.25, -0.2) is 0 Å². The van der Waals surface area contributed by atoms with Crippen LogP contribution in [0.1, 0.15) is 24.2 Å². The van der Waals surface area contributed by atoms with Gasteiger partial charge in [0.1, 0.15) is 11.9 Å². The van der Waals surface area contributed by atoms with Crippen LogP contribution in [0, 0.1) is 0 Å². The van der Waals surface area contributed by atoms with Crippen molar-refractivity contribution in [3.8, 4) is 17.1 Å². The second kappa shape index (κ2) is 7.56. The fourth-order valence-electron chi connectivity index (χ4n) is 2.24. The molecule has 0 amide bonds. The highest BCUT2D eigenvalue weighted by atomic mass is 16.5. The molecule has 0 aliphatic carbocycles. The number of hydrogen-bond acceptors (Lipinski definition) is 7. The molecule has 1 N–H and O–H groups in total. The summed E-state index contributed by atoms with van der Waals surface area (Å²) in [6.07, 6.45) is -0.771. The van der Waals surface area contributed by atoms with Gasteiger partial charge in [-0.1, -0.05) is 12.1 Å². The number of aromatic nitrogens is 4. The Hall–Kier alpha value is -3.55. The molecule has 1 atom stereocenters. The Morgan fingerprint density at radius 2 is 2.00 bits per heavy atom. The number of nitrogens with one attached hydrogen (secondary N) is 1. The molecule has 8 nitrogen and oxygen atoms in total. The maximum Gasteiger partial charge on any atom is 0.204 e. The maximum absolute atomic E-state index is 12.3. The Labute approximate surface area is 149 Å². The summed E-state index contributed by atoms with van der Waals surface area (Å²) in [6.45, 7) is 3.11. The van der Waals surface area contributed by atoms with Crippen molar-refractivity contribution in [1.29, 1.82) is 0 Å². The molecule has 1 aromatic heterocycles. The SMILES string of the molecule is CC(=O)c1ccc(O[C@@H](C)C([O-])=Nc2cccc(-c3nn[nH]n3)c2)cc1. The Kier molecular flexibility index (Phi) is 5.02. The summed E-state index contributed by atoms with van der Waals surface area (Å²) in [7, 11) is 0. The lowest BCUT2D eigenvalue weighted by Crippen LogP contribution is -2.34. The van der Waals surface area contributed by atoms with Gasteiger partial charge < -0.3 is 9.84 Å². The Balaban J connectivity index is 1.72. The van der Waals surface area contributed by atoms with Gasteiger partial charge in [-0.05, 0) is 55.5 Å². The number of tetrazole rings is 1. The lowest BCUT2D eigenvalue weighted by Gasteiger charge is -2.20. The normalized spacial score (nSPS) is 12.6. The first kappa shape index (κ1) is 17.3. The quantitative estimate of drug-likeness (QED) is 0.412. The Bertz CT molecular complexity index is 920. The average molecular weight is 350 g/mol. The van der Waals surface area contributed by atoms with Crippen molar-refractivity contribution in [2.45, 2.75) is 20.0 Å². The van der Waals surface area contributed by atoms with Crippen LogP contribution in [0.3, 0.4) is 0 Å². The summed E-state index contributed by atoms with van der Waals surface area (Å²) in [5.41, 5.74) is 1.75. The summed E-state index contributed by atoms with van der Waals surface area (Å²) < 4.78 is 5.59. The third-order valence-electron chi connectivity index (χ3n) is 3.61. The third-order valence-corrected chi connectivity index (χ3v) is 3.61. The molecule has 0 bridgehead atoms. The summed E-state index contributed by atoms with van der Waals surface area (Å²) in [5.74, 6) is 0.457. The number of benzene rings is 2. The molecule has 3 aromatic rings. The summed E-state index contributed by atoms with van der Waals surface area (Å²) in [6, 6.07) is 13.6. The highest BCUT2D eigenvalue weighted by Crippen LogP contribution is 2.21. The van der Waals surface area contributed by atoms with Crippen LogP contribution in [0.2, 0.25) is 0 Å². The standard InChI is InChI=1S/C18H17N5O3/c1-11(24)13-6-8-16(9-7-13)26-12(2)18(25)19-15-5-3-4-14(10-15)17-20-22-23-21-17/h3-10,12H,1-2H3,(H,19,25)(H,20,21,22,23)/p-1/t12-/m0/s1. The molecule has 0 saturated heterocycles. The number of carbonyl (C=O) groups excluding carboxylic acids is 1. The first-order valence-corrected chi connectivity index (χ1v) is 7.90. The molecule has 3 rings (SSSR count). The van der Waals surface area contributed by atoms with Gasteiger partial charge >= 0.3 is 0 Å². The zero-order valence-corrected chi connectivity index (χ0v) is 14.2. The van der Waals surface area contributed by atoms with Crippen molar-refractivity contribution in [2.24, 2.45) is 4.99 Å². The number of ether oxygens (including phenoxy) is 1. The van der Waals surface area contributed by atoms with E-state index in [2.05, 4.69) is 25.6 Å². The number of hydrogen-bond donors (Lipinski definition) is 1. The minimum absolute atomic E-state index is 0.0304. The molecule has 0 fully saturated rings. The van der Waals surface area contributed by atoms with Gasteiger partial charge in [-0.2, -0.15) is 5.21 Å². The van der Waals surface area contributed by atoms with E-state index in [0.29, 0.717) is 28.4 Å². The molecular weight excluding hydrogens is 334 g/mol. The van der Waals surface area contributed by atoms with Crippen molar-refractivity contribution >= 4 is 17.4 Å². The Morgan fingerprint density at radius 1 is 1.23 bits per heavy atom. The van der Waals surface area contributed by atoms with Crippen LogP contribution in [0.5, 0.6) is 5.75 Å². The summed E-state index contributed by atoms with van der Waals surface area (Å²) in [4.78, 5) is 15.3. The minimum atomic E-state index is -0.771. The molecule has 1 heterocycles. The van der Waals surface area contributed by atoms with Crippen molar-refractivity contribution in [3.63, 3.8) is 0 Å². The van der Waals surface area contributed by atoms with Crippen LogP contribution < -0.4 is 9.84 Å². The van der Waals surface area contributed by atoms with Gasteiger partial charge in [-0.3, -0.25) is 9.79 Å². The van der Waals surface area contributed by atoms with Crippen molar-refractivity contribution in [1.82, 2.24) is 20.6 Å². The van der Waals surface area contributed by atoms with Crippen molar-refractivity contribution < 1.29 is 14.6 Å². The van der Waals surface area contributed by atoms with Crippen LogP contribution in [0.15, 0.2) is 53.5 Å². The minimum Gasteiger partial charge on any atom is -0.859 e. The average Bonchev–Trinajstić information content (AvgIpc) is 3.17. The van der Waals surface area contributed by atoms with Crippen LogP contribution in [0.25, 0.3) is 11.4 Å². The number of rotatable bonds is 6.